The zero-order valence-corrected chi connectivity index (χ0v) is 13.5. The van der Waals surface area contributed by atoms with Gasteiger partial charge in [0.15, 0.2) is 0 Å². The van der Waals surface area contributed by atoms with Crippen LogP contribution >= 0.6 is 23.2 Å². The molecule has 0 saturated carbocycles. The molecule has 1 heterocycles. The van der Waals surface area contributed by atoms with Crippen molar-refractivity contribution in [1.29, 1.82) is 0 Å². The Morgan fingerprint density at radius 1 is 1.17 bits per heavy atom. The molecule has 0 fully saturated rings. The Morgan fingerprint density at radius 3 is 2.57 bits per heavy atom. The van der Waals surface area contributed by atoms with Gasteiger partial charge in [-0.1, -0.05) is 23.2 Å². The molecule has 120 valence electrons. The lowest BCUT2D eigenvalue weighted by molar-refractivity contribution is -0.116. The summed E-state index contributed by atoms with van der Waals surface area (Å²) in [5.74, 6) is -1.05. The summed E-state index contributed by atoms with van der Waals surface area (Å²) in [6, 6.07) is 7.15. The second kappa shape index (κ2) is 7.30. The number of halogens is 2. The molecule has 0 aliphatic heterocycles. The maximum atomic E-state index is 12.0. The zero-order chi connectivity index (χ0) is 17.0. The number of pyridine rings is 1. The van der Waals surface area contributed by atoms with Crippen LogP contribution in [0.3, 0.4) is 0 Å². The number of anilines is 1. The average Bonchev–Trinajstić information content (AvgIpc) is 2.52. The van der Waals surface area contributed by atoms with Gasteiger partial charge >= 0.3 is 5.97 Å². The Bertz CT molecular complexity index is 817. The standard InChI is InChI=1S/C15H12Cl2N2O4/c1-23-15(22)9-2-5-14(21)19(7-9)8-13(20)18-10-3-4-11(16)12(17)6-10/h2-7H,8H2,1H3,(H,18,20). The van der Waals surface area contributed by atoms with E-state index in [2.05, 4.69) is 10.1 Å². The van der Waals surface area contributed by atoms with E-state index in [1.165, 1.54) is 31.5 Å². The van der Waals surface area contributed by atoms with Crippen molar-refractivity contribution in [1.82, 2.24) is 4.57 Å². The number of carbonyl (C=O) groups is 2. The predicted molar refractivity (Wildman–Crippen MR) is 87.1 cm³/mol. The summed E-state index contributed by atoms with van der Waals surface area (Å²) in [7, 11) is 1.23. The van der Waals surface area contributed by atoms with Crippen molar-refractivity contribution in [2.24, 2.45) is 0 Å². The van der Waals surface area contributed by atoms with E-state index in [1.807, 2.05) is 0 Å². The molecule has 1 aromatic carbocycles. The number of ether oxygens (including phenoxy) is 1. The van der Waals surface area contributed by atoms with Crippen molar-refractivity contribution in [2.45, 2.75) is 6.54 Å². The van der Waals surface area contributed by atoms with E-state index in [9.17, 15) is 14.4 Å². The van der Waals surface area contributed by atoms with Gasteiger partial charge in [0.05, 0.1) is 22.7 Å². The minimum atomic E-state index is -0.594. The Labute approximate surface area is 141 Å². The van der Waals surface area contributed by atoms with Crippen LogP contribution in [0.5, 0.6) is 0 Å². The van der Waals surface area contributed by atoms with E-state index < -0.39 is 17.4 Å². The molecule has 0 spiro atoms. The normalized spacial score (nSPS) is 10.2. The van der Waals surface area contributed by atoms with E-state index in [0.29, 0.717) is 15.7 Å². The fourth-order valence-corrected chi connectivity index (χ4v) is 2.12. The van der Waals surface area contributed by atoms with Gasteiger partial charge in [0, 0.05) is 18.0 Å². The van der Waals surface area contributed by atoms with Gasteiger partial charge in [-0.15, -0.1) is 0 Å². The summed E-state index contributed by atoms with van der Waals surface area (Å²) in [6.45, 7) is -0.260. The average molecular weight is 355 g/mol. The Balaban J connectivity index is 2.15. The topological polar surface area (TPSA) is 77.4 Å². The Kier molecular flexibility index (Phi) is 5.41. The smallest absolute Gasteiger partial charge is 0.339 e. The molecule has 1 N–H and O–H groups in total. The molecule has 0 aliphatic carbocycles. The van der Waals surface area contributed by atoms with Crippen LogP contribution in [-0.4, -0.2) is 23.6 Å². The first-order valence-corrected chi connectivity index (χ1v) is 7.20. The number of rotatable bonds is 4. The minimum absolute atomic E-state index is 0.175. The maximum absolute atomic E-state index is 12.0. The number of nitrogens with one attached hydrogen (secondary N) is 1. The first kappa shape index (κ1) is 17.1. The van der Waals surface area contributed by atoms with Gasteiger partial charge in [0.25, 0.3) is 5.56 Å². The largest absolute Gasteiger partial charge is 0.465 e. The number of hydrogen-bond donors (Lipinski definition) is 1. The molecule has 8 heteroatoms. The van der Waals surface area contributed by atoms with Crippen molar-refractivity contribution in [3.05, 3.63) is 62.5 Å². The number of benzene rings is 1. The molecule has 0 saturated heterocycles. The van der Waals surface area contributed by atoms with Gasteiger partial charge in [-0.3, -0.25) is 9.59 Å². The third kappa shape index (κ3) is 4.34. The fraction of sp³-hybridized carbons (Fsp3) is 0.133. The van der Waals surface area contributed by atoms with Crippen LogP contribution in [0.2, 0.25) is 10.0 Å². The van der Waals surface area contributed by atoms with E-state index >= 15 is 0 Å². The highest BCUT2D eigenvalue weighted by Gasteiger charge is 2.10. The van der Waals surface area contributed by atoms with Gasteiger partial charge < -0.3 is 14.6 Å². The van der Waals surface area contributed by atoms with Gasteiger partial charge in [0.2, 0.25) is 5.91 Å². The fourth-order valence-electron chi connectivity index (χ4n) is 1.82. The molecule has 0 aliphatic rings. The van der Waals surface area contributed by atoms with Crippen molar-refractivity contribution >= 4 is 40.8 Å². The summed E-state index contributed by atoms with van der Waals surface area (Å²) >= 11 is 11.7. The molecule has 0 unspecified atom stereocenters. The molecule has 23 heavy (non-hydrogen) atoms. The van der Waals surface area contributed by atoms with Crippen molar-refractivity contribution in [3.8, 4) is 0 Å². The van der Waals surface area contributed by atoms with Crippen LogP contribution in [-0.2, 0) is 16.1 Å². The molecule has 2 rings (SSSR count). The Morgan fingerprint density at radius 2 is 1.91 bits per heavy atom. The van der Waals surface area contributed by atoms with Crippen LogP contribution in [0.25, 0.3) is 0 Å². The second-order valence-electron chi connectivity index (χ2n) is 4.55. The highest BCUT2D eigenvalue weighted by molar-refractivity contribution is 6.42. The third-order valence-corrected chi connectivity index (χ3v) is 3.66. The van der Waals surface area contributed by atoms with Crippen molar-refractivity contribution in [3.63, 3.8) is 0 Å². The highest BCUT2D eigenvalue weighted by atomic mass is 35.5. The summed E-state index contributed by atoms with van der Waals surface area (Å²) in [4.78, 5) is 35.2. The van der Waals surface area contributed by atoms with Crippen LogP contribution < -0.4 is 10.9 Å². The van der Waals surface area contributed by atoms with Gasteiger partial charge in [0.1, 0.15) is 6.54 Å². The van der Waals surface area contributed by atoms with E-state index in [1.54, 1.807) is 12.1 Å². The number of carbonyl (C=O) groups excluding carboxylic acids is 2. The van der Waals surface area contributed by atoms with E-state index in [0.717, 1.165) is 4.57 Å². The SMILES string of the molecule is COC(=O)c1ccc(=O)n(CC(=O)Nc2ccc(Cl)c(Cl)c2)c1. The summed E-state index contributed by atoms with van der Waals surface area (Å²) in [6.07, 6.45) is 1.27. The zero-order valence-electron chi connectivity index (χ0n) is 12.0. The third-order valence-electron chi connectivity index (χ3n) is 2.92. The Hall–Kier alpha value is -2.31. The van der Waals surface area contributed by atoms with Gasteiger partial charge in [-0.05, 0) is 24.3 Å². The number of methoxy groups -OCH3 is 1. The molecule has 1 aromatic heterocycles. The number of nitrogens with zero attached hydrogens (tertiary/aromatic N) is 1. The second-order valence-corrected chi connectivity index (χ2v) is 5.37. The first-order chi connectivity index (χ1) is 10.9. The molecule has 0 atom stereocenters. The maximum Gasteiger partial charge on any atom is 0.339 e. The molecule has 2 aromatic rings. The lowest BCUT2D eigenvalue weighted by Gasteiger charge is -2.09. The number of aromatic nitrogens is 1. The molecular weight excluding hydrogens is 343 g/mol. The summed E-state index contributed by atoms with van der Waals surface area (Å²) in [5.41, 5.74) is 0.206. The lowest BCUT2D eigenvalue weighted by Crippen LogP contribution is -2.27. The molecule has 1 amide bonds. The van der Waals surface area contributed by atoms with Crippen LogP contribution in [0.1, 0.15) is 10.4 Å². The van der Waals surface area contributed by atoms with Gasteiger partial charge in [-0.25, -0.2) is 4.79 Å². The lowest BCUT2D eigenvalue weighted by atomic mass is 10.3. The molecule has 0 radical (unpaired) electrons. The molecule has 0 bridgehead atoms. The first-order valence-electron chi connectivity index (χ1n) is 6.44. The number of hydrogen-bond acceptors (Lipinski definition) is 4. The predicted octanol–water partition coefficient (Wildman–Crippen LogP) is 2.58. The highest BCUT2D eigenvalue weighted by Crippen LogP contribution is 2.24. The summed E-state index contributed by atoms with van der Waals surface area (Å²) < 4.78 is 5.68. The van der Waals surface area contributed by atoms with E-state index in [4.69, 9.17) is 23.2 Å². The van der Waals surface area contributed by atoms with Gasteiger partial charge in [-0.2, -0.15) is 0 Å². The van der Waals surface area contributed by atoms with Crippen LogP contribution in [0.4, 0.5) is 5.69 Å². The van der Waals surface area contributed by atoms with Crippen LogP contribution in [0, 0.1) is 0 Å². The summed E-state index contributed by atoms with van der Waals surface area (Å²) in [5, 5.41) is 3.26. The molecular formula is C15H12Cl2N2O4. The van der Waals surface area contributed by atoms with E-state index in [-0.39, 0.29) is 12.1 Å². The number of esters is 1. The minimum Gasteiger partial charge on any atom is -0.465 e. The molecule has 6 nitrogen and oxygen atoms in total. The van der Waals surface area contributed by atoms with Crippen molar-refractivity contribution in [2.75, 3.05) is 12.4 Å². The number of amides is 1. The van der Waals surface area contributed by atoms with Crippen LogP contribution in [0.15, 0.2) is 41.3 Å². The monoisotopic (exact) mass is 354 g/mol. The van der Waals surface area contributed by atoms with Crippen molar-refractivity contribution < 1.29 is 14.3 Å². The quantitative estimate of drug-likeness (QED) is 0.856.